The molecule has 82 valence electrons. The summed E-state index contributed by atoms with van der Waals surface area (Å²) in [5, 5.41) is 0. The van der Waals surface area contributed by atoms with Crippen molar-refractivity contribution in [1.82, 2.24) is 0 Å². The van der Waals surface area contributed by atoms with Crippen molar-refractivity contribution in [3.05, 3.63) is 41.5 Å². The highest BCUT2D eigenvalue weighted by Crippen LogP contribution is 2.22. The standard InChI is InChI=1S/C14H19Cl/c1-14(2,3)13-9-7-12(8-10-13)6-4-5-11-15/h4,6-10H,5,11H2,1-3H3. The van der Waals surface area contributed by atoms with Crippen molar-refractivity contribution in [2.24, 2.45) is 0 Å². The Bertz CT molecular complexity index is 314. The molecule has 0 bridgehead atoms. The number of benzene rings is 1. The number of alkyl halides is 1. The number of halogens is 1. The van der Waals surface area contributed by atoms with Gasteiger partial charge in [-0.15, -0.1) is 11.6 Å². The Labute approximate surface area is 98.0 Å². The largest absolute Gasteiger partial charge is 0.126 e. The third kappa shape index (κ3) is 4.09. The Morgan fingerprint density at radius 2 is 1.73 bits per heavy atom. The van der Waals surface area contributed by atoms with Gasteiger partial charge >= 0.3 is 0 Å². The second-order valence-corrected chi connectivity index (χ2v) is 5.13. The van der Waals surface area contributed by atoms with Gasteiger partial charge in [0.05, 0.1) is 0 Å². The van der Waals surface area contributed by atoms with Crippen LogP contribution in [-0.2, 0) is 5.41 Å². The minimum absolute atomic E-state index is 0.235. The average molecular weight is 223 g/mol. The molecular formula is C14H19Cl. The molecule has 1 aromatic rings. The normalized spacial score (nSPS) is 12.3. The molecular weight excluding hydrogens is 204 g/mol. The van der Waals surface area contributed by atoms with Crippen LogP contribution in [0.15, 0.2) is 30.3 Å². The maximum Gasteiger partial charge on any atom is 0.0258 e. The molecule has 0 aliphatic heterocycles. The smallest absolute Gasteiger partial charge is 0.0258 e. The van der Waals surface area contributed by atoms with Gasteiger partial charge in [0, 0.05) is 5.88 Å². The zero-order chi connectivity index (χ0) is 11.3. The molecule has 0 spiro atoms. The number of hydrogen-bond acceptors (Lipinski definition) is 0. The van der Waals surface area contributed by atoms with Gasteiger partial charge < -0.3 is 0 Å². The fraction of sp³-hybridized carbons (Fsp3) is 0.429. The van der Waals surface area contributed by atoms with E-state index in [4.69, 9.17) is 11.6 Å². The highest BCUT2D eigenvalue weighted by Gasteiger charge is 2.12. The Morgan fingerprint density at radius 3 is 2.20 bits per heavy atom. The van der Waals surface area contributed by atoms with Crippen LogP contribution in [0.1, 0.15) is 38.3 Å². The summed E-state index contributed by atoms with van der Waals surface area (Å²) in [6, 6.07) is 8.71. The first-order valence-corrected chi connectivity index (χ1v) is 5.90. The van der Waals surface area contributed by atoms with Gasteiger partial charge in [-0.1, -0.05) is 57.2 Å². The quantitative estimate of drug-likeness (QED) is 0.655. The van der Waals surface area contributed by atoms with Crippen LogP contribution < -0.4 is 0 Å². The van der Waals surface area contributed by atoms with Crippen molar-refractivity contribution < 1.29 is 0 Å². The zero-order valence-corrected chi connectivity index (χ0v) is 10.5. The number of allylic oxidation sites excluding steroid dienone is 1. The Balaban J connectivity index is 2.73. The first kappa shape index (κ1) is 12.3. The van der Waals surface area contributed by atoms with E-state index in [0.717, 1.165) is 6.42 Å². The van der Waals surface area contributed by atoms with E-state index in [9.17, 15) is 0 Å². The van der Waals surface area contributed by atoms with Crippen LogP contribution >= 0.6 is 11.6 Å². The number of rotatable bonds is 3. The highest BCUT2D eigenvalue weighted by atomic mass is 35.5. The molecule has 0 nitrogen and oxygen atoms in total. The molecule has 0 heterocycles. The van der Waals surface area contributed by atoms with E-state index in [1.54, 1.807) is 0 Å². The average Bonchev–Trinajstić information content (AvgIpc) is 2.18. The molecule has 0 fully saturated rings. The maximum atomic E-state index is 5.60. The lowest BCUT2D eigenvalue weighted by atomic mass is 9.87. The molecule has 0 saturated heterocycles. The van der Waals surface area contributed by atoms with Crippen molar-refractivity contribution in [1.29, 1.82) is 0 Å². The van der Waals surface area contributed by atoms with Gasteiger partial charge in [-0.3, -0.25) is 0 Å². The summed E-state index contributed by atoms with van der Waals surface area (Å²) in [5.41, 5.74) is 2.85. The van der Waals surface area contributed by atoms with E-state index < -0.39 is 0 Å². The van der Waals surface area contributed by atoms with Gasteiger partial charge in [-0.05, 0) is 23.0 Å². The van der Waals surface area contributed by atoms with Crippen molar-refractivity contribution in [2.45, 2.75) is 32.6 Å². The van der Waals surface area contributed by atoms with Crippen LogP contribution in [-0.4, -0.2) is 5.88 Å². The zero-order valence-electron chi connectivity index (χ0n) is 9.76. The van der Waals surface area contributed by atoms with Crippen molar-refractivity contribution in [3.8, 4) is 0 Å². The molecule has 0 saturated carbocycles. The van der Waals surface area contributed by atoms with Crippen molar-refractivity contribution in [3.63, 3.8) is 0 Å². The molecule has 0 aliphatic carbocycles. The summed E-state index contributed by atoms with van der Waals surface area (Å²) >= 11 is 5.60. The predicted molar refractivity (Wildman–Crippen MR) is 69.5 cm³/mol. The van der Waals surface area contributed by atoms with E-state index in [-0.39, 0.29) is 5.41 Å². The minimum Gasteiger partial charge on any atom is -0.126 e. The third-order valence-electron chi connectivity index (χ3n) is 2.36. The third-order valence-corrected chi connectivity index (χ3v) is 2.58. The molecule has 1 heteroatoms. The van der Waals surface area contributed by atoms with E-state index in [1.165, 1.54) is 11.1 Å². The molecule has 0 aliphatic rings. The lowest BCUT2D eigenvalue weighted by Gasteiger charge is -2.18. The number of hydrogen-bond donors (Lipinski definition) is 0. The molecule has 0 amide bonds. The summed E-state index contributed by atoms with van der Waals surface area (Å²) in [4.78, 5) is 0. The Hall–Kier alpha value is -0.750. The van der Waals surface area contributed by atoms with Crippen molar-refractivity contribution in [2.75, 3.05) is 5.88 Å². The van der Waals surface area contributed by atoms with Gasteiger partial charge in [-0.2, -0.15) is 0 Å². The lowest BCUT2D eigenvalue weighted by molar-refractivity contribution is 0.590. The molecule has 1 rings (SSSR count). The van der Waals surface area contributed by atoms with Gasteiger partial charge in [0.15, 0.2) is 0 Å². The van der Waals surface area contributed by atoms with E-state index >= 15 is 0 Å². The Morgan fingerprint density at radius 1 is 1.13 bits per heavy atom. The van der Waals surface area contributed by atoms with Crippen LogP contribution in [0.2, 0.25) is 0 Å². The van der Waals surface area contributed by atoms with Crippen LogP contribution in [0, 0.1) is 0 Å². The minimum atomic E-state index is 0.235. The summed E-state index contributed by atoms with van der Waals surface area (Å²) < 4.78 is 0. The van der Waals surface area contributed by atoms with Crippen LogP contribution in [0.25, 0.3) is 6.08 Å². The van der Waals surface area contributed by atoms with Crippen LogP contribution in [0.3, 0.4) is 0 Å². The molecule has 15 heavy (non-hydrogen) atoms. The van der Waals surface area contributed by atoms with Gasteiger partial charge in [0.25, 0.3) is 0 Å². The monoisotopic (exact) mass is 222 g/mol. The van der Waals surface area contributed by atoms with E-state index in [0.29, 0.717) is 5.88 Å². The first-order chi connectivity index (χ1) is 7.04. The van der Waals surface area contributed by atoms with Gasteiger partial charge in [0.1, 0.15) is 0 Å². The first-order valence-electron chi connectivity index (χ1n) is 5.37. The summed E-state index contributed by atoms with van der Waals surface area (Å²) in [6.07, 6.45) is 5.16. The highest BCUT2D eigenvalue weighted by molar-refractivity contribution is 6.17. The van der Waals surface area contributed by atoms with Crippen LogP contribution in [0.5, 0.6) is 0 Å². The molecule has 1 aromatic carbocycles. The fourth-order valence-corrected chi connectivity index (χ4v) is 1.50. The SMILES string of the molecule is CC(C)(C)c1ccc(C=CCCCl)cc1. The van der Waals surface area contributed by atoms with Gasteiger partial charge in [-0.25, -0.2) is 0 Å². The summed E-state index contributed by atoms with van der Waals surface area (Å²) in [5.74, 6) is 0.691. The second-order valence-electron chi connectivity index (χ2n) is 4.75. The van der Waals surface area contributed by atoms with Crippen molar-refractivity contribution >= 4 is 17.7 Å². The predicted octanol–water partition coefficient (Wildman–Crippen LogP) is 4.63. The maximum absolute atomic E-state index is 5.60. The summed E-state index contributed by atoms with van der Waals surface area (Å²) in [7, 11) is 0. The molecule has 0 radical (unpaired) electrons. The van der Waals surface area contributed by atoms with E-state index in [2.05, 4.69) is 57.2 Å². The fourth-order valence-electron chi connectivity index (χ4n) is 1.38. The van der Waals surface area contributed by atoms with E-state index in [1.807, 2.05) is 0 Å². The Kier molecular flexibility index (Phi) is 4.41. The molecule has 0 N–H and O–H groups in total. The topological polar surface area (TPSA) is 0 Å². The molecule has 0 aromatic heterocycles. The second kappa shape index (κ2) is 5.37. The van der Waals surface area contributed by atoms with Crippen LogP contribution in [0.4, 0.5) is 0 Å². The molecule has 0 atom stereocenters. The molecule has 0 unspecified atom stereocenters. The summed E-state index contributed by atoms with van der Waals surface area (Å²) in [6.45, 7) is 6.68. The lowest BCUT2D eigenvalue weighted by Crippen LogP contribution is -2.10. The van der Waals surface area contributed by atoms with Gasteiger partial charge in [0.2, 0.25) is 0 Å².